The average Bonchev–Trinajstić information content (AvgIpc) is 2.23. The lowest BCUT2D eigenvalue weighted by Crippen LogP contribution is -2.05. The summed E-state index contributed by atoms with van der Waals surface area (Å²) in [6, 6.07) is 0. The Kier molecular flexibility index (Phi) is 3.59. The summed E-state index contributed by atoms with van der Waals surface area (Å²) >= 11 is 0. The molecular formula is C15H24. The summed E-state index contributed by atoms with van der Waals surface area (Å²) in [6.07, 6.45) is 1.23. The summed E-state index contributed by atoms with van der Waals surface area (Å²) in [5, 5.41) is 0. The zero-order valence-corrected chi connectivity index (χ0v) is 11.3. The van der Waals surface area contributed by atoms with Crippen LogP contribution in [0.15, 0.2) is 0 Å². The smallest absolute Gasteiger partial charge is 0.0188 e. The summed E-state index contributed by atoms with van der Waals surface area (Å²) < 4.78 is 0. The first kappa shape index (κ1) is 12.3. The van der Waals surface area contributed by atoms with E-state index in [4.69, 9.17) is 0 Å². The Hall–Kier alpha value is -0.780. The predicted molar refractivity (Wildman–Crippen MR) is 68.8 cm³/mol. The molecule has 0 saturated heterocycles. The first-order valence-electron chi connectivity index (χ1n) is 5.98. The van der Waals surface area contributed by atoms with Gasteiger partial charge in [-0.1, -0.05) is 13.8 Å². The Labute approximate surface area is 94.7 Å². The van der Waals surface area contributed by atoms with Gasteiger partial charge in [-0.05, 0) is 80.3 Å². The van der Waals surface area contributed by atoms with Gasteiger partial charge in [-0.25, -0.2) is 0 Å². The lowest BCUT2D eigenvalue weighted by atomic mass is 9.83. The second-order valence-electron chi connectivity index (χ2n) is 4.85. The zero-order valence-electron chi connectivity index (χ0n) is 11.3. The third-order valence-corrected chi connectivity index (χ3v) is 4.16. The molecule has 0 fully saturated rings. The molecule has 0 heteroatoms. The fourth-order valence-corrected chi connectivity index (χ4v) is 2.47. The molecular weight excluding hydrogens is 180 g/mol. The minimum absolute atomic E-state index is 0.683. The molecule has 0 radical (unpaired) electrons. The molecule has 1 aromatic rings. The van der Waals surface area contributed by atoms with Crippen LogP contribution in [-0.2, 0) is 0 Å². The molecule has 0 aromatic heterocycles. The molecule has 1 rings (SSSR count). The first-order chi connectivity index (χ1) is 6.91. The van der Waals surface area contributed by atoms with Crippen molar-refractivity contribution in [2.24, 2.45) is 0 Å². The molecule has 0 amide bonds. The maximum absolute atomic E-state index is 2.34. The minimum Gasteiger partial charge on any atom is -0.0648 e. The molecule has 0 aliphatic rings. The van der Waals surface area contributed by atoms with Gasteiger partial charge in [0.05, 0.1) is 0 Å². The largest absolute Gasteiger partial charge is 0.0648 e. The quantitative estimate of drug-likeness (QED) is 0.652. The first-order valence-corrected chi connectivity index (χ1v) is 5.98. The highest BCUT2D eigenvalue weighted by molar-refractivity contribution is 5.50. The van der Waals surface area contributed by atoms with Crippen molar-refractivity contribution >= 4 is 0 Å². The van der Waals surface area contributed by atoms with Crippen LogP contribution >= 0.6 is 0 Å². The van der Waals surface area contributed by atoms with Gasteiger partial charge < -0.3 is 0 Å². The van der Waals surface area contributed by atoms with E-state index < -0.39 is 0 Å². The minimum atomic E-state index is 0.683. The second kappa shape index (κ2) is 4.38. The van der Waals surface area contributed by atoms with E-state index in [-0.39, 0.29) is 0 Å². The number of benzene rings is 1. The van der Waals surface area contributed by atoms with Gasteiger partial charge in [0.25, 0.3) is 0 Å². The van der Waals surface area contributed by atoms with Gasteiger partial charge in [0.1, 0.15) is 0 Å². The molecule has 0 nitrogen and oxygen atoms in total. The van der Waals surface area contributed by atoms with Gasteiger partial charge in [-0.3, -0.25) is 0 Å². The van der Waals surface area contributed by atoms with Gasteiger partial charge in [0, 0.05) is 0 Å². The van der Waals surface area contributed by atoms with E-state index in [1.54, 1.807) is 5.56 Å². The molecule has 1 atom stereocenters. The third kappa shape index (κ3) is 1.95. The number of hydrogen-bond donors (Lipinski definition) is 0. The van der Waals surface area contributed by atoms with E-state index in [2.05, 4.69) is 48.5 Å². The highest BCUT2D eigenvalue weighted by Gasteiger charge is 2.15. The van der Waals surface area contributed by atoms with E-state index in [0.29, 0.717) is 5.92 Å². The average molecular weight is 204 g/mol. The predicted octanol–water partition coefficient (Wildman–Crippen LogP) is 4.74. The van der Waals surface area contributed by atoms with Crippen LogP contribution in [0.2, 0.25) is 0 Å². The van der Waals surface area contributed by atoms with Crippen molar-refractivity contribution in [2.75, 3.05) is 0 Å². The van der Waals surface area contributed by atoms with Crippen molar-refractivity contribution in [3.05, 3.63) is 33.4 Å². The molecule has 15 heavy (non-hydrogen) atoms. The third-order valence-electron chi connectivity index (χ3n) is 4.16. The van der Waals surface area contributed by atoms with E-state index in [9.17, 15) is 0 Å². The Balaban J connectivity index is 3.52. The molecule has 1 aromatic carbocycles. The van der Waals surface area contributed by atoms with Gasteiger partial charge in [0.15, 0.2) is 0 Å². The Morgan fingerprint density at radius 2 is 1.07 bits per heavy atom. The standard InChI is InChI=1S/C15H24/c1-8-9(2)15-13(6)11(4)10(3)12(5)14(15)7/h9H,8H2,1-7H3. The lowest BCUT2D eigenvalue weighted by Gasteiger charge is -2.22. The fraction of sp³-hybridized carbons (Fsp3) is 0.600. The molecule has 0 heterocycles. The van der Waals surface area contributed by atoms with Crippen LogP contribution in [0.5, 0.6) is 0 Å². The molecule has 0 N–H and O–H groups in total. The van der Waals surface area contributed by atoms with E-state index >= 15 is 0 Å². The van der Waals surface area contributed by atoms with Crippen LogP contribution in [-0.4, -0.2) is 0 Å². The summed E-state index contributed by atoms with van der Waals surface area (Å²) in [4.78, 5) is 0. The summed E-state index contributed by atoms with van der Waals surface area (Å²) in [5.74, 6) is 0.683. The van der Waals surface area contributed by atoms with Crippen LogP contribution in [0.25, 0.3) is 0 Å². The van der Waals surface area contributed by atoms with Crippen molar-refractivity contribution in [3.8, 4) is 0 Å². The van der Waals surface area contributed by atoms with Gasteiger partial charge in [0.2, 0.25) is 0 Å². The highest BCUT2D eigenvalue weighted by Crippen LogP contribution is 2.32. The second-order valence-corrected chi connectivity index (χ2v) is 4.85. The van der Waals surface area contributed by atoms with Crippen LogP contribution in [0.1, 0.15) is 59.6 Å². The molecule has 0 aliphatic heterocycles. The van der Waals surface area contributed by atoms with Crippen LogP contribution in [0.3, 0.4) is 0 Å². The maximum Gasteiger partial charge on any atom is -0.0188 e. The van der Waals surface area contributed by atoms with Crippen LogP contribution in [0.4, 0.5) is 0 Å². The van der Waals surface area contributed by atoms with Gasteiger partial charge >= 0.3 is 0 Å². The topological polar surface area (TPSA) is 0 Å². The van der Waals surface area contributed by atoms with Crippen LogP contribution in [0, 0.1) is 34.6 Å². The SMILES string of the molecule is CCC(C)c1c(C)c(C)c(C)c(C)c1C. The van der Waals surface area contributed by atoms with Crippen molar-refractivity contribution in [1.29, 1.82) is 0 Å². The number of rotatable bonds is 2. The Morgan fingerprint density at radius 1 is 0.733 bits per heavy atom. The van der Waals surface area contributed by atoms with Crippen molar-refractivity contribution in [2.45, 2.75) is 60.8 Å². The monoisotopic (exact) mass is 204 g/mol. The van der Waals surface area contributed by atoms with E-state index in [1.807, 2.05) is 0 Å². The van der Waals surface area contributed by atoms with E-state index in [1.165, 1.54) is 34.2 Å². The fourth-order valence-electron chi connectivity index (χ4n) is 2.47. The summed E-state index contributed by atoms with van der Waals surface area (Å²) in [7, 11) is 0. The molecule has 0 saturated carbocycles. The van der Waals surface area contributed by atoms with Gasteiger partial charge in [-0.2, -0.15) is 0 Å². The van der Waals surface area contributed by atoms with Crippen molar-refractivity contribution in [3.63, 3.8) is 0 Å². The van der Waals surface area contributed by atoms with E-state index in [0.717, 1.165) is 0 Å². The summed E-state index contributed by atoms with van der Waals surface area (Å²) in [5.41, 5.74) is 9.02. The zero-order chi connectivity index (χ0) is 11.7. The Bertz CT molecular complexity index is 343. The molecule has 84 valence electrons. The van der Waals surface area contributed by atoms with Crippen LogP contribution < -0.4 is 0 Å². The number of hydrogen-bond acceptors (Lipinski definition) is 0. The lowest BCUT2D eigenvalue weighted by molar-refractivity contribution is 0.719. The molecule has 0 bridgehead atoms. The van der Waals surface area contributed by atoms with Gasteiger partial charge in [-0.15, -0.1) is 0 Å². The highest BCUT2D eigenvalue weighted by atomic mass is 14.2. The molecule has 0 spiro atoms. The Morgan fingerprint density at radius 3 is 1.40 bits per heavy atom. The summed E-state index contributed by atoms with van der Waals surface area (Å²) in [6.45, 7) is 15.9. The van der Waals surface area contributed by atoms with Crippen molar-refractivity contribution in [1.82, 2.24) is 0 Å². The normalized spacial score (nSPS) is 13.0. The maximum atomic E-state index is 2.34. The van der Waals surface area contributed by atoms with Crippen molar-refractivity contribution < 1.29 is 0 Å². The molecule has 0 aliphatic carbocycles. The molecule has 1 unspecified atom stereocenters.